The third-order valence-corrected chi connectivity index (χ3v) is 2.57. The third kappa shape index (κ3) is 2.29. The minimum Gasteiger partial charge on any atom is -0.422 e. The monoisotopic (exact) mass is 256 g/mol. The maximum absolute atomic E-state index is 11.7. The SMILES string of the molecule is N#C/C(=C\c1cc2ccccc2oc1=O)C(N)=S. The standard InChI is InChI=1S/C13H8N2O2S/c14-7-10(12(15)18)6-9-5-8-3-1-2-4-11(8)17-13(9)16/h1-6H,(H2,15,18)/b10-6+. The second kappa shape index (κ2) is 4.82. The van der Waals surface area contributed by atoms with Gasteiger partial charge in [-0.2, -0.15) is 5.26 Å². The number of benzene rings is 1. The molecule has 0 aliphatic carbocycles. The molecule has 1 aromatic heterocycles. The molecule has 0 amide bonds. The fraction of sp³-hybridized carbons (Fsp3) is 0. The summed E-state index contributed by atoms with van der Waals surface area (Å²) in [5.74, 6) is 0. The van der Waals surface area contributed by atoms with Gasteiger partial charge >= 0.3 is 5.63 Å². The van der Waals surface area contributed by atoms with Gasteiger partial charge in [-0.15, -0.1) is 0 Å². The summed E-state index contributed by atoms with van der Waals surface area (Å²) in [7, 11) is 0. The Hall–Kier alpha value is -2.45. The van der Waals surface area contributed by atoms with Gasteiger partial charge in [0.25, 0.3) is 0 Å². The Morgan fingerprint density at radius 1 is 1.44 bits per heavy atom. The zero-order valence-corrected chi connectivity index (χ0v) is 10.0. The van der Waals surface area contributed by atoms with Gasteiger partial charge < -0.3 is 10.2 Å². The molecule has 1 heterocycles. The van der Waals surface area contributed by atoms with Crippen molar-refractivity contribution < 1.29 is 4.42 Å². The highest BCUT2D eigenvalue weighted by molar-refractivity contribution is 7.80. The van der Waals surface area contributed by atoms with Crippen LogP contribution in [0.2, 0.25) is 0 Å². The van der Waals surface area contributed by atoms with Crippen molar-refractivity contribution in [2.45, 2.75) is 0 Å². The van der Waals surface area contributed by atoms with E-state index >= 15 is 0 Å². The van der Waals surface area contributed by atoms with E-state index < -0.39 is 5.63 Å². The van der Waals surface area contributed by atoms with Crippen LogP contribution >= 0.6 is 12.2 Å². The topological polar surface area (TPSA) is 80.0 Å². The molecule has 0 bridgehead atoms. The van der Waals surface area contributed by atoms with Crippen molar-refractivity contribution in [1.29, 1.82) is 5.26 Å². The van der Waals surface area contributed by atoms with E-state index in [0.717, 1.165) is 5.39 Å². The minimum atomic E-state index is -0.530. The lowest BCUT2D eigenvalue weighted by molar-refractivity contribution is 0.559. The Kier molecular flexibility index (Phi) is 3.22. The zero-order valence-electron chi connectivity index (χ0n) is 9.21. The van der Waals surface area contributed by atoms with Crippen molar-refractivity contribution >= 4 is 34.3 Å². The van der Waals surface area contributed by atoms with Crippen LogP contribution in [0.1, 0.15) is 5.56 Å². The summed E-state index contributed by atoms with van der Waals surface area (Å²) in [6.45, 7) is 0. The van der Waals surface area contributed by atoms with Crippen LogP contribution in [0, 0.1) is 11.3 Å². The highest BCUT2D eigenvalue weighted by atomic mass is 32.1. The predicted octanol–water partition coefficient (Wildman–Crippen LogP) is 1.99. The number of hydrogen-bond donors (Lipinski definition) is 1. The fourth-order valence-corrected chi connectivity index (χ4v) is 1.60. The molecule has 0 fully saturated rings. The van der Waals surface area contributed by atoms with Gasteiger partial charge in [-0.25, -0.2) is 4.79 Å². The molecule has 4 nitrogen and oxygen atoms in total. The van der Waals surface area contributed by atoms with E-state index in [1.54, 1.807) is 18.2 Å². The second-order valence-corrected chi connectivity index (χ2v) is 4.00. The molecule has 18 heavy (non-hydrogen) atoms. The first-order valence-corrected chi connectivity index (χ1v) is 5.47. The molecule has 5 heteroatoms. The molecule has 1 aromatic carbocycles. The Bertz CT molecular complexity index is 753. The lowest BCUT2D eigenvalue weighted by atomic mass is 10.1. The van der Waals surface area contributed by atoms with E-state index in [9.17, 15) is 4.79 Å². The largest absolute Gasteiger partial charge is 0.422 e. The summed E-state index contributed by atoms with van der Waals surface area (Å²) in [6.07, 6.45) is 1.33. The molecule has 2 rings (SSSR count). The molecule has 2 aromatic rings. The number of hydrogen-bond acceptors (Lipinski definition) is 4. The number of rotatable bonds is 2. The fourth-order valence-electron chi connectivity index (χ4n) is 1.49. The highest BCUT2D eigenvalue weighted by Gasteiger charge is 2.05. The number of thiocarbonyl (C=S) groups is 1. The van der Waals surface area contributed by atoms with Gasteiger partial charge in [0.2, 0.25) is 0 Å². The predicted molar refractivity (Wildman–Crippen MR) is 72.9 cm³/mol. The van der Waals surface area contributed by atoms with E-state index in [4.69, 9.17) is 27.6 Å². The molecule has 0 saturated heterocycles. The van der Waals surface area contributed by atoms with E-state index in [-0.39, 0.29) is 16.1 Å². The molecular formula is C13H8N2O2S. The normalized spacial score (nSPS) is 11.2. The van der Waals surface area contributed by atoms with Gasteiger partial charge in [0.05, 0.1) is 11.1 Å². The van der Waals surface area contributed by atoms with Gasteiger partial charge in [-0.1, -0.05) is 30.4 Å². The Balaban J connectivity index is 2.66. The first kappa shape index (κ1) is 12.0. The lowest BCUT2D eigenvalue weighted by Crippen LogP contribution is -2.11. The summed E-state index contributed by atoms with van der Waals surface area (Å²) in [6, 6.07) is 10.6. The summed E-state index contributed by atoms with van der Waals surface area (Å²) in [5.41, 5.74) is 5.65. The first-order chi connectivity index (χ1) is 8.61. The molecule has 0 atom stereocenters. The molecular weight excluding hydrogens is 248 g/mol. The maximum atomic E-state index is 11.7. The highest BCUT2D eigenvalue weighted by Crippen LogP contribution is 2.14. The number of fused-ring (bicyclic) bond motifs is 1. The number of nitriles is 1. The number of nitrogens with two attached hydrogens (primary N) is 1. The van der Waals surface area contributed by atoms with Crippen molar-refractivity contribution in [2.75, 3.05) is 0 Å². The number of para-hydroxylation sites is 1. The Morgan fingerprint density at radius 3 is 2.83 bits per heavy atom. The third-order valence-electron chi connectivity index (χ3n) is 2.35. The van der Waals surface area contributed by atoms with Gasteiger partial charge in [-0.3, -0.25) is 0 Å². The van der Waals surface area contributed by atoms with Gasteiger partial charge in [0, 0.05) is 5.39 Å². The van der Waals surface area contributed by atoms with Crippen LogP contribution in [0.4, 0.5) is 0 Å². The molecule has 0 spiro atoms. The van der Waals surface area contributed by atoms with Crippen molar-refractivity contribution in [1.82, 2.24) is 0 Å². The number of nitrogens with zero attached hydrogens (tertiary/aromatic N) is 1. The molecule has 0 unspecified atom stereocenters. The quantitative estimate of drug-likeness (QED) is 0.384. The summed E-state index contributed by atoms with van der Waals surface area (Å²) >= 11 is 4.71. The molecule has 0 radical (unpaired) electrons. The van der Waals surface area contributed by atoms with E-state index in [2.05, 4.69) is 0 Å². The van der Waals surface area contributed by atoms with Crippen molar-refractivity contribution in [3.05, 3.63) is 51.9 Å². The van der Waals surface area contributed by atoms with Crippen LogP contribution in [0.5, 0.6) is 0 Å². The zero-order chi connectivity index (χ0) is 13.1. The van der Waals surface area contributed by atoms with Crippen molar-refractivity contribution in [3.8, 4) is 6.07 Å². The van der Waals surface area contributed by atoms with Crippen molar-refractivity contribution in [3.63, 3.8) is 0 Å². The van der Waals surface area contributed by atoms with E-state index in [1.165, 1.54) is 6.08 Å². The molecule has 0 aliphatic heterocycles. The van der Waals surface area contributed by atoms with Crippen LogP contribution in [0.15, 0.2) is 45.1 Å². The summed E-state index contributed by atoms with van der Waals surface area (Å²) in [4.78, 5) is 11.7. The van der Waals surface area contributed by atoms with Crippen LogP contribution in [-0.2, 0) is 0 Å². The smallest absolute Gasteiger partial charge is 0.343 e. The maximum Gasteiger partial charge on any atom is 0.343 e. The van der Waals surface area contributed by atoms with Gasteiger partial charge in [0.1, 0.15) is 16.6 Å². The average Bonchev–Trinajstić information content (AvgIpc) is 2.35. The second-order valence-electron chi connectivity index (χ2n) is 3.56. The lowest BCUT2D eigenvalue weighted by Gasteiger charge is -1.98. The summed E-state index contributed by atoms with van der Waals surface area (Å²) in [5, 5.41) is 9.61. The van der Waals surface area contributed by atoms with Crippen molar-refractivity contribution in [2.24, 2.45) is 5.73 Å². The Labute approximate surface area is 108 Å². The van der Waals surface area contributed by atoms with Gasteiger partial charge in [0.15, 0.2) is 0 Å². The minimum absolute atomic E-state index is 0.0509. The van der Waals surface area contributed by atoms with Crippen LogP contribution in [0.25, 0.3) is 17.0 Å². The average molecular weight is 256 g/mol. The van der Waals surface area contributed by atoms with E-state index in [1.807, 2.05) is 18.2 Å². The van der Waals surface area contributed by atoms with E-state index in [0.29, 0.717) is 5.58 Å². The summed E-state index contributed by atoms with van der Waals surface area (Å²) < 4.78 is 5.12. The molecule has 0 saturated carbocycles. The van der Waals surface area contributed by atoms with Crippen LogP contribution < -0.4 is 11.4 Å². The molecule has 88 valence electrons. The Morgan fingerprint density at radius 2 is 2.17 bits per heavy atom. The molecule has 0 aliphatic rings. The first-order valence-electron chi connectivity index (χ1n) is 5.06. The van der Waals surface area contributed by atoms with Crippen LogP contribution in [0.3, 0.4) is 0 Å². The van der Waals surface area contributed by atoms with Gasteiger partial charge in [-0.05, 0) is 18.2 Å². The van der Waals surface area contributed by atoms with Crippen LogP contribution in [-0.4, -0.2) is 4.99 Å². The molecule has 2 N–H and O–H groups in total.